The average molecular weight is 433 g/mol. The van der Waals surface area contributed by atoms with Gasteiger partial charge in [-0.15, -0.1) is 0 Å². The Balaban J connectivity index is 1.26. The Kier molecular flexibility index (Phi) is 7.15. The van der Waals surface area contributed by atoms with Gasteiger partial charge in [0, 0.05) is 48.9 Å². The molecule has 0 N–H and O–H groups in total. The summed E-state index contributed by atoms with van der Waals surface area (Å²) in [5, 5.41) is 0. The zero-order chi connectivity index (χ0) is 21.5. The monoisotopic (exact) mass is 432 g/mol. The molecule has 0 saturated carbocycles. The van der Waals surface area contributed by atoms with Crippen molar-refractivity contribution in [2.45, 2.75) is 11.5 Å². The van der Waals surface area contributed by atoms with Crippen molar-refractivity contribution in [3.05, 3.63) is 95.6 Å². The van der Waals surface area contributed by atoms with Crippen molar-refractivity contribution < 1.29 is 9.53 Å². The summed E-state index contributed by atoms with van der Waals surface area (Å²) in [6.45, 7) is 3.15. The number of piperazine rings is 1. The molecule has 0 aromatic heterocycles. The quantitative estimate of drug-likeness (QED) is 0.521. The molecular formula is C26H28N2O2S. The highest BCUT2D eigenvalue weighted by Crippen LogP contribution is 2.22. The van der Waals surface area contributed by atoms with E-state index in [1.165, 1.54) is 16.8 Å². The Morgan fingerprint density at radius 2 is 1.42 bits per heavy atom. The molecule has 1 amide bonds. The van der Waals surface area contributed by atoms with Crippen LogP contribution in [-0.4, -0.2) is 44.1 Å². The molecule has 0 unspecified atom stereocenters. The summed E-state index contributed by atoms with van der Waals surface area (Å²) in [4.78, 5) is 17.2. The standard InChI is InChI=1S/C26H28N2O2S/c1-30-25-13-11-24(12-14-25)27-15-17-28(18-16-27)26(29)23-9-7-22(8-10-23)20-31-19-21-5-3-2-4-6-21/h2-14H,15-20H2,1H3. The van der Waals surface area contributed by atoms with Crippen molar-refractivity contribution in [2.75, 3.05) is 38.2 Å². The SMILES string of the molecule is COc1ccc(N2CCN(C(=O)c3ccc(CSCc4ccccc4)cc3)CC2)cc1. The molecule has 3 aromatic rings. The fourth-order valence-corrected chi connectivity index (χ4v) is 4.71. The van der Waals surface area contributed by atoms with E-state index in [0.29, 0.717) is 0 Å². The van der Waals surface area contributed by atoms with Crippen LogP contribution in [0.2, 0.25) is 0 Å². The minimum atomic E-state index is 0.123. The number of nitrogens with zero attached hydrogens (tertiary/aromatic N) is 2. The van der Waals surface area contributed by atoms with Gasteiger partial charge in [-0.3, -0.25) is 4.79 Å². The number of hydrogen-bond acceptors (Lipinski definition) is 4. The zero-order valence-corrected chi connectivity index (χ0v) is 18.7. The van der Waals surface area contributed by atoms with E-state index in [1.807, 2.05) is 47.0 Å². The summed E-state index contributed by atoms with van der Waals surface area (Å²) in [5.41, 5.74) is 4.54. The predicted octanol–water partition coefficient (Wildman–Crippen LogP) is 5.09. The minimum Gasteiger partial charge on any atom is -0.497 e. The zero-order valence-electron chi connectivity index (χ0n) is 17.9. The maximum absolute atomic E-state index is 12.9. The molecule has 0 bridgehead atoms. The smallest absolute Gasteiger partial charge is 0.253 e. The lowest BCUT2D eigenvalue weighted by molar-refractivity contribution is 0.0747. The third-order valence-corrected chi connectivity index (χ3v) is 6.66. The number of anilines is 1. The maximum Gasteiger partial charge on any atom is 0.253 e. The lowest BCUT2D eigenvalue weighted by atomic mass is 10.1. The number of carbonyl (C=O) groups is 1. The minimum absolute atomic E-state index is 0.123. The average Bonchev–Trinajstić information content (AvgIpc) is 2.85. The first-order valence-corrected chi connectivity index (χ1v) is 11.8. The fraction of sp³-hybridized carbons (Fsp3) is 0.269. The van der Waals surface area contributed by atoms with Gasteiger partial charge in [-0.25, -0.2) is 0 Å². The summed E-state index contributed by atoms with van der Waals surface area (Å²) in [6.07, 6.45) is 0. The molecule has 4 nitrogen and oxygen atoms in total. The molecule has 5 heteroatoms. The molecule has 1 saturated heterocycles. The van der Waals surface area contributed by atoms with Crippen LogP contribution < -0.4 is 9.64 Å². The first-order valence-electron chi connectivity index (χ1n) is 10.6. The van der Waals surface area contributed by atoms with Crippen LogP contribution in [0.1, 0.15) is 21.5 Å². The van der Waals surface area contributed by atoms with Gasteiger partial charge >= 0.3 is 0 Å². The van der Waals surface area contributed by atoms with Crippen LogP contribution >= 0.6 is 11.8 Å². The highest BCUT2D eigenvalue weighted by Gasteiger charge is 2.22. The van der Waals surface area contributed by atoms with Crippen molar-refractivity contribution in [2.24, 2.45) is 0 Å². The van der Waals surface area contributed by atoms with Gasteiger partial charge in [-0.2, -0.15) is 11.8 Å². The van der Waals surface area contributed by atoms with Crippen LogP contribution in [-0.2, 0) is 11.5 Å². The number of ether oxygens (including phenoxy) is 1. The van der Waals surface area contributed by atoms with E-state index < -0.39 is 0 Å². The molecule has 0 atom stereocenters. The molecular weight excluding hydrogens is 404 g/mol. The third-order valence-electron chi connectivity index (χ3n) is 5.59. The summed E-state index contributed by atoms with van der Waals surface area (Å²) in [6, 6.07) is 26.7. The van der Waals surface area contributed by atoms with E-state index in [-0.39, 0.29) is 5.91 Å². The highest BCUT2D eigenvalue weighted by molar-refractivity contribution is 7.97. The van der Waals surface area contributed by atoms with Crippen LogP contribution in [0.5, 0.6) is 5.75 Å². The van der Waals surface area contributed by atoms with Crippen molar-refractivity contribution in [3.8, 4) is 5.75 Å². The Bertz CT molecular complexity index is 967. The van der Waals surface area contributed by atoms with Crippen LogP contribution in [0.15, 0.2) is 78.9 Å². The molecule has 4 rings (SSSR count). The second-order valence-electron chi connectivity index (χ2n) is 7.65. The number of rotatable bonds is 7. The van der Waals surface area contributed by atoms with E-state index in [2.05, 4.69) is 53.4 Å². The normalized spacial score (nSPS) is 13.8. The lowest BCUT2D eigenvalue weighted by Gasteiger charge is -2.36. The number of methoxy groups -OCH3 is 1. The molecule has 3 aromatic carbocycles. The molecule has 1 heterocycles. The number of carbonyl (C=O) groups excluding carboxylic acids is 1. The summed E-state index contributed by atoms with van der Waals surface area (Å²) in [7, 11) is 1.68. The van der Waals surface area contributed by atoms with Gasteiger partial charge in [0.2, 0.25) is 0 Å². The van der Waals surface area contributed by atoms with Gasteiger partial charge < -0.3 is 14.5 Å². The van der Waals surface area contributed by atoms with Gasteiger partial charge in [0.1, 0.15) is 5.75 Å². The third kappa shape index (κ3) is 5.61. The van der Waals surface area contributed by atoms with Gasteiger partial charge in [-0.05, 0) is 47.5 Å². The van der Waals surface area contributed by atoms with Crippen LogP contribution in [0.25, 0.3) is 0 Å². The Morgan fingerprint density at radius 3 is 2.03 bits per heavy atom. The van der Waals surface area contributed by atoms with Crippen LogP contribution in [0.3, 0.4) is 0 Å². The summed E-state index contributed by atoms with van der Waals surface area (Å²) >= 11 is 1.89. The van der Waals surface area contributed by atoms with E-state index in [1.54, 1.807) is 7.11 Å². The van der Waals surface area contributed by atoms with Crippen molar-refractivity contribution in [1.29, 1.82) is 0 Å². The van der Waals surface area contributed by atoms with Crippen molar-refractivity contribution >= 4 is 23.4 Å². The molecule has 0 radical (unpaired) electrons. The molecule has 1 fully saturated rings. The van der Waals surface area contributed by atoms with Gasteiger partial charge in [-0.1, -0.05) is 42.5 Å². The second-order valence-corrected chi connectivity index (χ2v) is 8.64. The summed E-state index contributed by atoms with van der Waals surface area (Å²) < 4.78 is 5.23. The Morgan fingerprint density at radius 1 is 0.806 bits per heavy atom. The molecule has 1 aliphatic heterocycles. The topological polar surface area (TPSA) is 32.8 Å². The van der Waals surface area contributed by atoms with E-state index in [9.17, 15) is 4.79 Å². The van der Waals surface area contributed by atoms with Crippen molar-refractivity contribution in [1.82, 2.24) is 4.90 Å². The molecule has 1 aliphatic rings. The molecule has 31 heavy (non-hydrogen) atoms. The van der Waals surface area contributed by atoms with Crippen LogP contribution in [0.4, 0.5) is 5.69 Å². The van der Waals surface area contributed by atoms with E-state index in [0.717, 1.165) is 49.0 Å². The Labute approximate surface area is 188 Å². The van der Waals surface area contributed by atoms with Gasteiger partial charge in [0.05, 0.1) is 7.11 Å². The molecule has 0 spiro atoms. The molecule has 160 valence electrons. The number of hydrogen-bond donors (Lipinski definition) is 0. The maximum atomic E-state index is 12.9. The number of benzene rings is 3. The van der Waals surface area contributed by atoms with Crippen molar-refractivity contribution in [3.63, 3.8) is 0 Å². The number of thioether (sulfide) groups is 1. The lowest BCUT2D eigenvalue weighted by Crippen LogP contribution is -2.48. The summed E-state index contributed by atoms with van der Waals surface area (Å²) in [5.74, 6) is 2.93. The van der Waals surface area contributed by atoms with E-state index >= 15 is 0 Å². The van der Waals surface area contributed by atoms with Crippen LogP contribution in [0, 0.1) is 0 Å². The largest absolute Gasteiger partial charge is 0.497 e. The first kappa shape index (κ1) is 21.3. The number of amides is 1. The fourth-order valence-electron chi connectivity index (χ4n) is 3.75. The highest BCUT2D eigenvalue weighted by atomic mass is 32.2. The second kappa shape index (κ2) is 10.4. The Hall–Kier alpha value is -2.92. The van der Waals surface area contributed by atoms with Gasteiger partial charge in [0.15, 0.2) is 0 Å². The predicted molar refractivity (Wildman–Crippen MR) is 129 cm³/mol. The van der Waals surface area contributed by atoms with E-state index in [4.69, 9.17) is 4.74 Å². The first-order chi connectivity index (χ1) is 15.2. The molecule has 0 aliphatic carbocycles. The van der Waals surface area contributed by atoms with Gasteiger partial charge in [0.25, 0.3) is 5.91 Å².